The zero-order chi connectivity index (χ0) is 13.8. The molecular formula is C12H11ClN6. The molecule has 0 saturated carbocycles. The second kappa shape index (κ2) is 5.52. The van der Waals surface area contributed by atoms with Crippen LogP contribution in [0.1, 0.15) is 11.1 Å². The summed E-state index contributed by atoms with van der Waals surface area (Å²) < 4.78 is 0. The summed E-state index contributed by atoms with van der Waals surface area (Å²) in [5.41, 5.74) is 4.41. The van der Waals surface area contributed by atoms with Gasteiger partial charge in [-0.25, -0.2) is 15.8 Å². The predicted molar refractivity (Wildman–Crippen MR) is 74.0 cm³/mol. The lowest BCUT2D eigenvalue weighted by atomic mass is 10.2. The Hall–Kier alpha value is -2.36. The highest BCUT2D eigenvalue weighted by atomic mass is 35.5. The van der Waals surface area contributed by atoms with E-state index in [9.17, 15) is 0 Å². The van der Waals surface area contributed by atoms with Crippen LogP contribution in [0.2, 0.25) is 5.02 Å². The van der Waals surface area contributed by atoms with E-state index in [1.807, 2.05) is 13.0 Å². The van der Waals surface area contributed by atoms with Crippen LogP contribution in [0.5, 0.6) is 0 Å². The maximum Gasteiger partial charge on any atom is 0.148 e. The fourth-order valence-corrected chi connectivity index (χ4v) is 1.76. The van der Waals surface area contributed by atoms with E-state index >= 15 is 0 Å². The first kappa shape index (κ1) is 13.1. The van der Waals surface area contributed by atoms with Crippen molar-refractivity contribution in [3.05, 3.63) is 40.7 Å². The maximum atomic E-state index is 8.78. The third kappa shape index (κ3) is 2.73. The standard InChI is InChI=1S/C12H11ClN6/c1-7-11(16-6-17-12(7)19-15)18-10-3-2-8(5-14)4-9(10)13/h2-4,6H,15H2,1H3,(H2,16,17,18,19). The average molecular weight is 275 g/mol. The van der Waals surface area contributed by atoms with E-state index in [2.05, 4.69) is 20.7 Å². The number of anilines is 3. The summed E-state index contributed by atoms with van der Waals surface area (Å²) in [7, 11) is 0. The van der Waals surface area contributed by atoms with Crippen molar-refractivity contribution >= 4 is 28.9 Å². The number of nitrogens with one attached hydrogen (secondary N) is 2. The average Bonchev–Trinajstić information content (AvgIpc) is 2.43. The number of nitrogens with two attached hydrogens (primary N) is 1. The molecule has 19 heavy (non-hydrogen) atoms. The molecule has 0 aliphatic carbocycles. The van der Waals surface area contributed by atoms with Gasteiger partial charge in [-0.2, -0.15) is 5.26 Å². The van der Waals surface area contributed by atoms with Crippen molar-refractivity contribution < 1.29 is 0 Å². The van der Waals surface area contributed by atoms with Gasteiger partial charge in [0.15, 0.2) is 0 Å². The van der Waals surface area contributed by atoms with Gasteiger partial charge in [0, 0.05) is 5.56 Å². The zero-order valence-electron chi connectivity index (χ0n) is 10.1. The molecule has 0 amide bonds. The van der Waals surface area contributed by atoms with Crippen LogP contribution in [-0.2, 0) is 0 Å². The van der Waals surface area contributed by atoms with Crippen LogP contribution in [0.4, 0.5) is 17.3 Å². The van der Waals surface area contributed by atoms with Crippen LogP contribution in [0.15, 0.2) is 24.5 Å². The van der Waals surface area contributed by atoms with Gasteiger partial charge in [0.2, 0.25) is 0 Å². The van der Waals surface area contributed by atoms with Crippen LogP contribution in [-0.4, -0.2) is 9.97 Å². The number of hydrogen-bond acceptors (Lipinski definition) is 6. The first-order chi connectivity index (χ1) is 9.15. The fourth-order valence-electron chi connectivity index (χ4n) is 1.54. The van der Waals surface area contributed by atoms with Crippen molar-refractivity contribution in [2.24, 2.45) is 5.84 Å². The highest BCUT2D eigenvalue weighted by Crippen LogP contribution is 2.28. The molecule has 0 bridgehead atoms. The first-order valence-corrected chi connectivity index (χ1v) is 5.78. The summed E-state index contributed by atoms with van der Waals surface area (Å²) in [6.07, 6.45) is 1.39. The molecule has 0 radical (unpaired) electrons. The van der Waals surface area contributed by atoms with Gasteiger partial charge in [0.25, 0.3) is 0 Å². The molecule has 6 nitrogen and oxygen atoms in total. The molecule has 0 aliphatic rings. The SMILES string of the molecule is Cc1c(NN)ncnc1Nc1ccc(C#N)cc1Cl. The molecule has 2 rings (SSSR count). The monoisotopic (exact) mass is 274 g/mol. The molecule has 96 valence electrons. The number of rotatable bonds is 3. The van der Waals surface area contributed by atoms with Gasteiger partial charge < -0.3 is 10.7 Å². The number of nitrogen functional groups attached to an aromatic ring is 1. The molecule has 7 heteroatoms. The molecule has 0 aliphatic heterocycles. The smallest absolute Gasteiger partial charge is 0.148 e. The number of hydrazine groups is 1. The highest BCUT2D eigenvalue weighted by Gasteiger charge is 2.08. The maximum absolute atomic E-state index is 8.78. The van der Waals surface area contributed by atoms with Crippen LogP contribution in [0, 0.1) is 18.3 Å². The summed E-state index contributed by atoms with van der Waals surface area (Å²) in [4.78, 5) is 8.11. The lowest BCUT2D eigenvalue weighted by molar-refractivity contribution is 1.11. The number of aromatic nitrogens is 2. The van der Waals surface area contributed by atoms with Gasteiger partial charge >= 0.3 is 0 Å². The van der Waals surface area contributed by atoms with Gasteiger partial charge in [-0.3, -0.25) is 0 Å². The van der Waals surface area contributed by atoms with E-state index in [0.717, 1.165) is 5.56 Å². The largest absolute Gasteiger partial charge is 0.339 e. The molecule has 4 N–H and O–H groups in total. The van der Waals surface area contributed by atoms with Crippen molar-refractivity contribution in [2.75, 3.05) is 10.7 Å². The van der Waals surface area contributed by atoms with E-state index in [-0.39, 0.29) is 0 Å². The van der Waals surface area contributed by atoms with E-state index < -0.39 is 0 Å². The zero-order valence-corrected chi connectivity index (χ0v) is 10.9. The van der Waals surface area contributed by atoms with E-state index in [1.165, 1.54) is 6.33 Å². The van der Waals surface area contributed by atoms with E-state index in [4.69, 9.17) is 22.7 Å². The second-order valence-electron chi connectivity index (χ2n) is 3.77. The topological polar surface area (TPSA) is 99.7 Å². The molecule has 0 saturated heterocycles. The van der Waals surface area contributed by atoms with Crippen molar-refractivity contribution in [2.45, 2.75) is 6.92 Å². The van der Waals surface area contributed by atoms with Crippen molar-refractivity contribution in [1.29, 1.82) is 5.26 Å². The Morgan fingerprint density at radius 2 is 2.05 bits per heavy atom. The van der Waals surface area contributed by atoms with Crippen LogP contribution in [0.3, 0.4) is 0 Å². The Morgan fingerprint density at radius 1 is 1.32 bits per heavy atom. The Kier molecular flexibility index (Phi) is 3.80. The molecule has 0 unspecified atom stereocenters. The minimum absolute atomic E-state index is 0.444. The second-order valence-corrected chi connectivity index (χ2v) is 4.18. The molecule has 1 aromatic heterocycles. The van der Waals surface area contributed by atoms with Crippen LogP contribution in [0.25, 0.3) is 0 Å². The number of hydrogen-bond donors (Lipinski definition) is 3. The summed E-state index contributed by atoms with van der Waals surface area (Å²) in [6.45, 7) is 1.83. The van der Waals surface area contributed by atoms with Gasteiger partial charge in [-0.05, 0) is 25.1 Å². The molecule has 2 aromatic rings. The van der Waals surface area contributed by atoms with Gasteiger partial charge in [0.1, 0.15) is 18.0 Å². The molecule has 0 fully saturated rings. The highest BCUT2D eigenvalue weighted by molar-refractivity contribution is 6.33. The van der Waals surface area contributed by atoms with Crippen LogP contribution >= 0.6 is 11.6 Å². The Morgan fingerprint density at radius 3 is 2.68 bits per heavy atom. The third-order valence-electron chi connectivity index (χ3n) is 2.57. The summed E-state index contributed by atoms with van der Waals surface area (Å²) >= 11 is 6.09. The number of benzene rings is 1. The Bertz CT molecular complexity index is 649. The van der Waals surface area contributed by atoms with Gasteiger partial charge in [-0.15, -0.1) is 0 Å². The molecule has 0 atom stereocenters. The lowest BCUT2D eigenvalue weighted by Crippen LogP contribution is -2.11. The quantitative estimate of drug-likeness (QED) is 0.587. The summed E-state index contributed by atoms with van der Waals surface area (Å²) in [5, 5.41) is 12.3. The van der Waals surface area contributed by atoms with E-state index in [0.29, 0.717) is 27.9 Å². The molecule has 1 aromatic carbocycles. The summed E-state index contributed by atoms with van der Waals surface area (Å²) in [6, 6.07) is 7.00. The Labute approximate surface area is 115 Å². The third-order valence-corrected chi connectivity index (χ3v) is 2.88. The van der Waals surface area contributed by atoms with E-state index in [1.54, 1.807) is 18.2 Å². The van der Waals surface area contributed by atoms with Gasteiger partial charge in [0.05, 0.1) is 22.3 Å². The molecular weight excluding hydrogens is 264 g/mol. The number of nitriles is 1. The fraction of sp³-hybridized carbons (Fsp3) is 0.0833. The van der Waals surface area contributed by atoms with Crippen molar-refractivity contribution in [3.63, 3.8) is 0 Å². The minimum Gasteiger partial charge on any atom is -0.339 e. The minimum atomic E-state index is 0.444. The normalized spacial score (nSPS) is 9.79. The first-order valence-electron chi connectivity index (χ1n) is 5.40. The number of nitrogens with zero attached hydrogens (tertiary/aromatic N) is 3. The molecule has 0 spiro atoms. The van der Waals surface area contributed by atoms with Crippen LogP contribution < -0.4 is 16.6 Å². The Balaban J connectivity index is 2.34. The number of halogens is 1. The van der Waals surface area contributed by atoms with Crippen molar-refractivity contribution in [1.82, 2.24) is 9.97 Å². The van der Waals surface area contributed by atoms with Gasteiger partial charge in [-0.1, -0.05) is 11.6 Å². The van der Waals surface area contributed by atoms with Crippen molar-refractivity contribution in [3.8, 4) is 6.07 Å². The molecule has 1 heterocycles. The predicted octanol–water partition coefficient (Wildman–Crippen LogP) is 2.34. The summed E-state index contributed by atoms with van der Waals surface area (Å²) in [5.74, 6) is 6.47. The lowest BCUT2D eigenvalue weighted by Gasteiger charge is -2.12.